The third-order valence-electron chi connectivity index (χ3n) is 3.57. The topological polar surface area (TPSA) is 63.4 Å². The van der Waals surface area contributed by atoms with Gasteiger partial charge in [-0.25, -0.2) is 8.42 Å². The number of hydrogen-bond acceptors (Lipinski definition) is 3. The van der Waals surface area contributed by atoms with E-state index in [4.69, 9.17) is 17.3 Å². The van der Waals surface area contributed by atoms with Gasteiger partial charge in [0.2, 0.25) is 10.0 Å². The van der Waals surface area contributed by atoms with Gasteiger partial charge >= 0.3 is 0 Å². The molecule has 1 heterocycles. The lowest BCUT2D eigenvalue weighted by Crippen LogP contribution is -2.42. The maximum Gasteiger partial charge on any atom is 0.243 e. The van der Waals surface area contributed by atoms with E-state index in [2.05, 4.69) is 0 Å². The van der Waals surface area contributed by atoms with Gasteiger partial charge < -0.3 is 5.73 Å². The Morgan fingerprint density at radius 2 is 2.21 bits per heavy atom. The van der Waals surface area contributed by atoms with Crippen LogP contribution in [0.5, 0.6) is 0 Å². The number of halogens is 1. The van der Waals surface area contributed by atoms with Crippen molar-refractivity contribution in [2.45, 2.75) is 24.7 Å². The summed E-state index contributed by atoms with van der Waals surface area (Å²) < 4.78 is 26.8. The molecule has 106 valence electrons. The highest BCUT2D eigenvalue weighted by atomic mass is 35.5. The maximum atomic E-state index is 12.6. The molecule has 1 unspecified atom stereocenters. The van der Waals surface area contributed by atoms with Gasteiger partial charge in [-0.3, -0.25) is 0 Å². The number of nitrogens with zero attached hydrogens (tertiary/aromatic N) is 1. The fraction of sp³-hybridized carbons (Fsp3) is 0.538. The van der Waals surface area contributed by atoms with Crippen LogP contribution in [0.25, 0.3) is 0 Å². The monoisotopic (exact) mass is 302 g/mol. The van der Waals surface area contributed by atoms with E-state index in [0.29, 0.717) is 35.1 Å². The summed E-state index contributed by atoms with van der Waals surface area (Å²) in [7, 11) is -3.43. The van der Waals surface area contributed by atoms with Crippen molar-refractivity contribution in [2.75, 3.05) is 19.6 Å². The first-order chi connectivity index (χ1) is 8.95. The van der Waals surface area contributed by atoms with Crippen molar-refractivity contribution >= 4 is 21.6 Å². The number of benzene rings is 1. The molecule has 1 atom stereocenters. The van der Waals surface area contributed by atoms with Crippen LogP contribution in [0.2, 0.25) is 5.02 Å². The highest BCUT2D eigenvalue weighted by Crippen LogP contribution is 2.26. The van der Waals surface area contributed by atoms with Crippen LogP contribution in [-0.4, -0.2) is 32.4 Å². The fourth-order valence-electron chi connectivity index (χ4n) is 2.48. The molecule has 1 aliphatic heterocycles. The molecule has 2 rings (SSSR count). The zero-order valence-corrected chi connectivity index (χ0v) is 12.5. The Hall–Kier alpha value is -0.620. The third-order valence-corrected chi connectivity index (χ3v) is 5.83. The van der Waals surface area contributed by atoms with Crippen molar-refractivity contribution in [1.82, 2.24) is 4.31 Å². The summed E-state index contributed by atoms with van der Waals surface area (Å²) >= 11 is 5.87. The van der Waals surface area contributed by atoms with Gasteiger partial charge in [-0.2, -0.15) is 4.31 Å². The van der Waals surface area contributed by atoms with E-state index in [1.165, 1.54) is 0 Å². The molecular formula is C13H19ClN2O2S. The molecule has 1 aliphatic rings. The molecule has 1 saturated heterocycles. The number of piperidine rings is 1. The second-order valence-electron chi connectivity index (χ2n) is 5.02. The number of aryl methyl sites for hydroxylation is 1. The average Bonchev–Trinajstić information content (AvgIpc) is 2.38. The Balaban J connectivity index is 2.31. The Bertz CT molecular complexity index is 560. The summed E-state index contributed by atoms with van der Waals surface area (Å²) in [5, 5.41) is 0.551. The molecule has 1 aromatic rings. The quantitative estimate of drug-likeness (QED) is 0.929. The van der Waals surface area contributed by atoms with E-state index < -0.39 is 10.0 Å². The van der Waals surface area contributed by atoms with Crippen LogP contribution in [0.4, 0.5) is 0 Å². The molecule has 0 aromatic heterocycles. The first-order valence-electron chi connectivity index (χ1n) is 6.41. The van der Waals surface area contributed by atoms with E-state index in [1.807, 2.05) is 0 Å². The number of sulfonamides is 1. The van der Waals surface area contributed by atoms with Gasteiger partial charge in [-0.05, 0) is 56.0 Å². The predicted octanol–water partition coefficient (Wildman–Crippen LogP) is 2.01. The zero-order chi connectivity index (χ0) is 14.0. The Morgan fingerprint density at radius 1 is 1.47 bits per heavy atom. The van der Waals surface area contributed by atoms with Gasteiger partial charge in [0, 0.05) is 18.1 Å². The van der Waals surface area contributed by atoms with Gasteiger partial charge in [0.05, 0.1) is 4.90 Å². The summed E-state index contributed by atoms with van der Waals surface area (Å²) in [6, 6.07) is 4.88. The molecule has 4 nitrogen and oxygen atoms in total. The fourth-order valence-corrected chi connectivity index (χ4v) is 4.47. The van der Waals surface area contributed by atoms with Crippen molar-refractivity contribution in [1.29, 1.82) is 0 Å². The van der Waals surface area contributed by atoms with Crippen LogP contribution >= 0.6 is 11.6 Å². The minimum atomic E-state index is -3.43. The summed E-state index contributed by atoms with van der Waals surface area (Å²) in [6.07, 6.45) is 1.87. The molecule has 0 bridgehead atoms. The molecule has 19 heavy (non-hydrogen) atoms. The van der Waals surface area contributed by atoms with Crippen molar-refractivity contribution in [3.8, 4) is 0 Å². The smallest absolute Gasteiger partial charge is 0.243 e. The lowest BCUT2D eigenvalue weighted by molar-refractivity contribution is 0.271. The normalized spacial score (nSPS) is 21.5. The summed E-state index contributed by atoms with van der Waals surface area (Å²) in [5.74, 6) is 0.260. The van der Waals surface area contributed by atoms with E-state index in [9.17, 15) is 8.42 Å². The lowest BCUT2D eigenvalue weighted by atomic mass is 10.0. The van der Waals surface area contributed by atoms with E-state index in [1.54, 1.807) is 29.4 Å². The van der Waals surface area contributed by atoms with Crippen LogP contribution < -0.4 is 5.73 Å². The third kappa shape index (κ3) is 3.11. The van der Waals surface area contributed by atoms with Gasteiger partial charge in [-0.15, -0.1) is 0 Å². The number of nitrogens with two attached hydrogens (primary N) is 1. The molecule has 0 saturated carbocycles. The SMILES string of the molecule is Cc1cc(Cl)ccc1S(=O)(=O)N1CCCC(CN)C1. The van der Waals surface area contributed by atoms with E-state index in [-0.39, 0.29) is 5.92 Å². The van der Waals surface area contributed by atoms with Gasteiger partial charge in [0.15, 0.2) is 0 Å². The minimum Gasteiger partial charge on any atom is -0.330 e. The van der Waals surface area contributed by atoms with Crippen molar-refractivity contribution in [2.24, 2.45) is 11.7 Å². The average molecular weight is 303 g/mol. The first kappa shape index (κ1) is 14.8. The van der Waals surface area contributed by atoms with Crippen LogP contribution in [0.1, 0.15) is 18.4 Å². The lowest BCUT2D eigenvalue weighted by Gasteiger charge is -2.31. The Morgan fingerprint density at radius 3 is 2.84 bits per heavy atom. The standard InChI is InChI=1S/C13H19ClN2O2S/c1-10-7-12(14)4-5-13(10)19(17,18)16-6-2-3-11(8-15)9-16/h4-5,7,11H,2-3,6,8-9,15H2,1H3. The second kappa shape index (κ2) is 5.79. The zero-order valence-electron chi connectivity index (χ0n) is 11.0. The first-order valence-corrected chi connectivity index (χ1v) is 8.23. The summed E-state index contributed by atoms with van der Waals surface area (Å²) in [4.78, 5) is 0.342. The molecule has 1 fully saturated rings. The van der Waals surface area contributed by atoms with Crippen LogP contribution in [0.15, 0.2) is 23.1 Å². The van der Waals surface area contributed by atoms with Crippen LogP contribution in [0.3, 0.4) is 0 Å². The van der Waals surface area contributed by atoms with Crippen molar-refractivity contribution in [3.05, 3.63) is 28.8 Å². The van der Waals surface area contributed by atoms with Crippen LogP contribution in [0, 0.1) is 12.8 Å². The molecule has 0 aliphatic carbocycles. The van der Waals surface area contributed by atoms with E-state index in [0.717, 1.165) is 12.8 Å². The Labute approximate surface area is 119 Å². The summed E-state index contributed by atoms with van der Waals surface area (Å²) in [6.45, 7) is 3.39. The minimum absolute atomic E-state index is 0.260. The molecule has 0 amide bonds. The molecule has 1 aromatic carbocycles. The highest BCUT2D eigenvalue weighted by molar-refractivity contribution is 7.89. The molecule has 2 N–H and O–H groups in total. The van der Waals surface area contributed by atoms with Crippen molar-refractivity contribution < 1.29 is 8.42 Å². The summed E-state index contributed by atoms with van der Waals surface area (Å²) in [5.41, 5.74) is 6.34. The van der Waals surface area contributed by atoms with Crippen LogP contribution in [-0.2, 0) is 10.0 Å². The molecular weight excluding hydrogens is 284 g/mol. The Kier molecular flexibility index (Phi) is 4.50. The maximum absolute atomic E-state index is 12.6. The molecule has 6 heteroatoms. The molecule has 0 radical (unpaired) electrons. The predicted molar refractivity (Wildman–Crippen MR) is 76.7 cm³/mol. The number of rotatable bonds is 3. The van der Waals surface area contributed by atoms with Gasteiger partial charge in [0.1, 0.15) is 0 Å². The second-order valence-corrected chi connectivity index (χ2v) is 7.36. The van der Waals surface area contributed by atoms with Gasteiger partial charge in [0.25, 0.3) is 0 Å². The number of hydrogen-bond donors (Lipinski definition) is 1. The van der Waals surface area contributed by atoms with E-state index >= 15 is 0 Å². The van der Waals surface area contributed by atoms with Gasteiger partial charge in [-0.1, -0.05) is 11.6 Å². The van der Waals surface area contributed by atoms with Crippen molar-refractivity contribution in [3.63, 3.8) is 0 Å². The largest absolute Gasteiger partial charge is 0.330 e. The molecule has 0 spiro atoms. The highest BCUT2D eigenvalue weighted by Gasteiger charge is 2.30.